The zero-order valence-electron chi connectivity index (χ0n) is 9.96. The van der Waals surface area contributed by atoms with E-state index >= 15 is 0 Å². The molecule has 1 rings (SSSR count). The highest BCUT2D eigenvalue weighted by Gasteiger charge is 2.19. The molecule has 8 nitrogen and oxygen atoms in total. The van der Waals surface area contributed by atoms with Gasteiger partial charge < -0.3 is 20.9 Å². The van der Waals surface area contributed by atoms with Crippen LogP contribution in [0, 0.1) is 5.41 Å². The monoisotopic (exact) mass is 266 g/mol. The van der Waals surface area contributed by atoms with Crippen LogP contribution in [0.5, 0.6) is 0 Å². The number of ether oxygens (including phenoxy) is 2. The van der Waals surface area contributed by atoms with E-state index in [1.54, 1.807) is 24.3 Å². The number of alkyl carbamates (subject to hydrolysis) is 1. The number of amidine groups is 1. The van der Waals surface area contributed by atoms with Gasteiger partial charge in [0.1, 0.15) is 6.61 Å². The third kappa shape index (κ3) is 5.50. The average Bonchev–Trinajstić information content (AvgIpc) is 2.36. The van der Waals surface area contributed by atoms with Crippen LogP contribution in [-0.4, -0.2) is 24.3 Å². The molecule has 0 bridgehead atoms. The van der Waals surface area contributed by atoms with Crippen molar-refractivity contribution in [3.63, 3.8) is 0 Å². The Kier molecular flexibility index (Phi) is 5.30. The minimum absolute atomic E-state index is 0.0428. The molecule has 0 aromatic heterocycles. The van der Waals surface area contributed by atoms with Crippen LogP contribution in [0.15, 0.2) is 30.3 Å². The van der Waals surface area contributed by atoms with Crippen molar-refractivity contribution in [2.24, 2.45) is 11.5 Å². The number of nitrogens with one attached hydrogen (secondary N) is 2. The second kappa shape index (κ2) is 6.97. The molecule has 1 aromatic carbocycles. The van der Waals surface area contributed by atoms with E-state index in [0.717, 1.165) is 5.56 Å². The maximum absolute atomic E-state index is 11.3. The topological polar surface area (TPSA) is 141 Å². The Hall–Kier alpha value is -2.61. The van der Waals surface area contributed by atoms with E-state index < -0.39 is 24.3 Å². The lowest BCUT2D eigenvalue weighted by molar-refractivity contribution is -0.137. The second-order valence-corrected chi connectivity index (χ2v) is 3.47. The van der Waals surface area contributed by atoms with Crippen LogP contribution < -0.4 is 16.8 Å². The van der Waals surface area contributed by atoms with Crippen molar-refractivity contribution in [2.75, 3.05) is 0 Å². The Morgan fingerprint density at radius 1 is 1.32 bits per heavy atom. The van der Waals surface area contributed by atoms with E-state index in [1.165, 1.54) is 0 Å². The van der Waals surface area contributed by atoms with E-state index in [2.05, 4.69) is 4.74 Å². The van der Waals surface area contributed by atoms with Crippen molar-refractivity contribution in [3.05, 3.63) is 35.9 Å². The first kappa shape index (κ1) is 14.5. The zero-order valence-corrected chi connectivity index (χ0v) is 9.96. The van der Waals surface area contributed by atoms with Crippen molar-refractivity contribution < 1.29 is 19.1 Å². The molecule has 1 atom stereocenters. The van der Waals surface area contributed by atoms with Crippen molar-refractivity contribution in [3.8, 4) is 0 Å². The standard InChI is InChI=1S/C11H14N4O4/c12-8(9(16)19-10(13)14)15-11(17)18-6-7-4-2-1-3-5-7/h1-5,8H,6,12H2,(H3,13,14)(H,15,17). The molecule has 6 N–H and O–H groups in total. The molecule has 1 unspecified atom stereocenters. The largest absolute Gasteiger partial charge is 0.445 e. The van der Waals surface area contributed by atoms with Crippen LogP contribution in [0.2, 0.25) is 0 Å². The van der Waals surface area contributed by atoms with Gasteiger partial charge in [0.05, 0.1) is 0 Å². The van der Waals surface area contributed by atoms with Crippen LogP contribution in [0.4, 0.5) is 4.79 Å². The number of esters is 1. The van der Waals surface area contributed by atoms with Gasteiger partial charge in [-0.2, -0.15) is 0 Å². The SMILES string of the molecule is N=C(N)OC(=O)C(N)NC(=O)OCc1ccccc1. The summed E-state index contributed by atoms with van der Waals surface area (Å²) in [5.41, 5.74) is 10.9. The Labute approximate surface area is 109 Å². The summed E-state index contributed by atoms with van der Waals surface area (Å²) in [7, 11) is 0. The van der Waals surface area contributed by atoms with Gasteiger partial charge in [0.15, 0.2) is 6.17 Å². The number of carbonyl (C=O) groups excluding carboxylic acids is 2. The minimum Gasteiger partial charge on any atom is -0.445 e. The third-order valence-corrected chi connectivity index (χ3v) is 1.95. The highest BCUT2D eigenvalue weighted by molar-refractivity contribution is 5.89. The van der Waals surface area contributed by atoms with Crippen LogP contribution in [0.25, 0.3) is 0 Å². The molecule has 1 aromatic rings. The quantitative estimate of drug-likeness (QED) is 0.254. The minimum atomic E-state index is -1.45. The van der Waals surface area contributed by atoms with Crippen LogP contribution in [0.1, 0.15) is 5.56 Å². The normalized spacial score (nSPS) is 11.2. The van der Waals surface area contributed by atoms with Crippen molar-refractivity contribution in [1.29, 1.82) is 5.41 Å². The second-order valence-electron chi connectivity index (χ2n) is 3.47. The third-order valence-electron chi connectivity index (χ3n) is 1.95. The summed E-state index contributed by atoms with van der Waals surface area (Å²) in [4.78, 5) is 22.4. The van der Waals surface area contributed by atoms with Crippen molar-refractivity contribution in [2.45, 2.75) is 12.8 Å². The molecule has 0 spiro atoms. The first-order valence-corrected chi connectivity index (χ1v) is 5.27. The summed E-state index contributed by atoms with van der Waals surface area (Å²) >= 11 is 0. The average molecular weight is 266 g/mol. The molecule has 19 heavy (non-hydrogen) atoms. The Morgan fingerprint density at radius 2 is 1.95 bits per heavy atom. The zero-order chi connectivity index (χ0) is 14.3. The maximum Gasteiger partial charge on any atom is 0.409 e. The summed E-state index contributed by atoms with van der Waals surface area (Å²) in [5, 5.41) is 8.77. The van der Waals surface area contributed by atoms with Gasteiger partial charge in [-0.1, -0.05) is 30.3 Å². The summed E-state index contributed by atoms with van der Waals surface area (Å²) < 4.78 is 9.03. The van der Waals surface area contributed by atoms with Crippen LogP contribution >= 0.6 is 0 Å². The molecule has 0 aliphatic rings. The number of carbonyl (C=O) groups is 2. The van der Waals surface area contributed by atoms with Gasteiger partial charge in [-0.25, -0.2) is 9.59 Å². The molecule has 0 aliphatic heterocycles. The summed E-state index contributed by atoms with van der Waals surface area (Å²) in [6, 6.07) is 8.17. The van der Waals surface area contributed by atoms with Gasteiger partial charge in [-0.3, -0.25) is 10.7 Å². The Balaban J connectivity index is 2.35. The molecule has 8 heteroatoms. The summed E-state index contributed by atoms with van der Waals surface area (Å²) in [5.74, 6) is -1.05. The lowest BCUT2D eigenvalue weighted by Crippen LogP contribution is -2.49. The van der Waals surface area contributed by atoms with Crippen molar-refractivity contribution in [1.82, 2.24) is 5.32 Å². The van der Waals surface area contributed by atoms with Crippen LogP contribution in [0.3, 0.4) is 0 Å². The van der Waals surface area contributed by atoms with Gasteiger partial charge >= 0.3 is 12.1 Å². The number of nitrogens with two attached hydrogens (primary N) is 2. The van der Waals surface area contributed by atoms with Gasteiger partial charge in [-0.05, 0) is 5.56 Å². The molecule has 0 saturated carbocycles. The van der Waals surface area contributed by atoms with Gasteiger partial charge in [0.25, 0.3) is 6.02 Å². The van der Waals surface area contributed by atoms with Crippen LogP contribution in [-0.2, 0) is 20.9 Å². The summed E-state index contributed by atoms with van der Waals surface area (Å²) in [6.07, 6.45) is -2.33. The molecular weight excluding hydrogens is 252 g/mol. The van der Waals surface area contributed by atoms with Gasteiger partial charge in [0, 0.05) is 0 Å². The van der Waals surface area contributed by atoms with Crippen molar-refractivity contribution >= 4 is 18.1 Å². The van der Waals surface area contributed by atoms with Gasteiger partial charge in [0.2, 0.25) is 0 Å². The van der Waals surface area contributed by atoms with E-state index in [1.807, 2.05) is 11.4 Å². The fourth-order valence-corrected chi connectivity index (χ4v) is 1.12. The molecule has 0 aliphatic carbocycles. The first-order valence-electron chi connectivity index (χ1n) is 5.27. The Morgan fingerprint density at radius 3 is 2.53 bits per heavy atom. The molecule has 0 heterocycles. The fraction of sp³-hybridized carbons (Fsp3) is 0.182. The molecule has 0 fully saturated rings. The number of benzene rings is 1. The molecule has 0 saturated heterocycles. The van der Waals surface area contributed by atoms with E-state index in [0.29, 0.717) is 0 Å². The summed E-state index contributed by atoms with van der Waals surface area (Å²) in [6.45, 7) is 0.0428. The maximum atomic E-state index is 11.3. The Bertz CT molecular complexity index is 463. The predicted molar refractivity (Wildman–Crippen MR) is 65.7 cm³/mol. The highest BCUT2D eigenvalue weighted by Crippen LogP contribution is 2.00. The number of hydrogen-bond donors (Lipinski definition) is 4. The number of hydrogen-bond acceptors (Lipinski definition) is 6. The number of rotatable bonds is 4. The molecule has 102 valence electrons. The highest BCUT2D eigenvalue weighted by atomic mass is 16.6. The van der Waals surface area contributed by atoms with Gasteiger partial charge in [-0.15, -0.1) is 0 Å². The van der Waals surface area contributed by atoms with E-state index in [-0.39, 0.29) is 6.61 Å². The lowest BCUT2D eigenvalue weighted by Gasteiger charge is -2.12. The predicted octanol–water partition coefficient (Wildman–Crippen LogP) is -0.366. The molecular formula is C11H14N4O4. The van der Waals surface area contributed by atoms with E-state index in [9.17, 15) is 9.59 Å². The lowest BCUT2D eigenvalue weighted by atomic mass is 10.2. The van der Waals surface area contributed by atoms with E-state index in [4.69, 9.17) is 21.6 Å². The smallest absolute Gasteiger partial charge is 0.409 e. The fourth-order valence-electron chi connectivity index (χ4n) is 1.12. The number of amides is 1. The molecule has 0 radical (unpaired) electrons. The molecule has 1 amide bonds. The first-order chi connectivity index (χ1) is 8.99.